The zero-order valence-electron chi connectivity index (χ0n) is 12.1. The van der Waals surface area contributed by atoms with Crippen LogP contribution in [0.15, 0.2) is 22.7 Å². The zero-order chi connectivity index (χ0) is 14.0. The van der Waals surface area contributed by atoms with Crippen LogP contribution in [0.2, 0.25) is 0 Å². The fourth-order valence-electron chi connectivity index (χ4n) is 3.18. The minimum atomic E-state index is 0.275. The highest BCUT2D eigenvalue weighted by Crippen LogP contribution is 2.41. The number of likely N-dealkylation sites (tertiary alicyclic amines) is 1. The van der Waals surface area contributed by atoms with Gasteiger partial charge < -0.3 is 5.11 Å². The number of rotatable bonds is 4. The van der Waals surface area contributed by atoms with E-state index in [-0.39, 0.29) is 6.04 Å². The summed E-state index contributed by atoms with van der Waals surface area (Å²) in [5.41, 5.74) is 1.51. The first-order valence-electron chi connectivity index (χ1n) is 7.24. The van der Waals surface area contributed by atoms with E-state index in [2.05, 4.69) is 41.6 Å². The third-order valence-corrected chi connectivity index (χ3v) is 5.45. The van der Waals surface area contributed by atoms with Gasteiger partial charge in [0, 0.05) is 22.6 Å². The van der Waals surface area contributed by atoms with Crippen LogP contribution in [-0.2, 0) is 0 Å². The smallest absolute Gasteiger partial charge is 0.120 e. The Morgan fingerprint density at radius 3 is 2.63 bits per heavy atom. The van der Waals surface area contributed by atoms with Crippen LogP contribution >= 0.6 is 15.9 Å². The maximum Gasteiger partial charge on any atom is 0.120 e. The summed E-state index contributed by atoms with van der Waals surface area (Å²) < 4.78 is 1.03. The summed E-state index contributed by atoms with van der Waals surface area (Å²) in [5.74, 6) is 0.404. The molecule has 1 heterocycles. The van der Waals surface area contributed by atoms with E-state index in [0.717, 1.165) is 23.1 Å². The maximum absolute atomic E-state index is 10.1. The second-order valence-corrected chi connectivity index (χ2v) is 6.72. The van der Waals surface area contributed by atoms with E-state index in [4.69, 9.17) is 0 Å². The lowest BCUT2D eigenvalue weighted by molar-refractivity contribution is 0.202. The van der Waals surface area contributed by atoms with Crippen molar-refractivity contribution >= 4 is 15.9 Å². The molecule has 0 aliphatic carbocycles. The van der Waals surface area contributed by atoms with Crippen LogP contribution in [-0.4, -0.2) is 23.1 Å². The number of phenols is 1. The Morgan fingerprint density at radius 1 is 1.37 bits per heavy atom. The minimum absolute atomic E-state index is 0.275. The molecule has 0 amide bonds. The quantitative estimate of drug-likeness (QED) is 0.865. The predicted molar refractivity (Wildman–Crippen MR) is 83.4 cm³/mol. The molecule has 1 unspecified atom stereocenters. The van der Waals surface area contributed by atoms with E-state index >= 15 is 0 Å². The van der Waals surface area contributed by atoms with Gasteiger partial charge in [-0.25, -0.2) is 0 Å². The molecule has 1 atom stereocenters. The van der Waals surface area contributed by atoms with Gasteiger partial charge in [-0.3, -0.25) is 4.90 Å². The van der Waals surface area contributed by atoms with E-state index < -0.39 is 0 Å². The first-order chi connectivity index (χ1) is 9.01. The lowest BCUT2D eigenvalue weighted by atomic mass is 9.82. The van der Waals surface area contributed by atoms with E-state index in [1.807, 2.05) is 12.1 Å². The lowest BCUT2D eigenvalue weighted by Gasteiger charge is -2.30. The van der Waals surface area contributed by atoms with E-state index in [1.54, 1.807) is 6.07 Å². The molecule has 1 fully saturated rings. The fourth-order valence-corrected chi connectivity index (χ4v) is 3.56. The van der Waals surface area contributed by atoms with Crippen molar-refractivity contribution in [1.29, 1.82) is 0 Å². The van der Waals surface area contributed by atoms with Crippen LogP contribution in [0.1, 0.15) is 51.6 Å². The van der Waals surface area contributed by atoms with Gasteiger partial charge in [-0.2, -0.15) is 0 Å². The van der Waals surface area contributed by atoms with Gasteiger partial charge >= 0.3 is 0 Å². The summed E-state index contributed by atoms with van der Waals surface area (Å²) >= 11 is 3.49. The molecule has 3 heteroatoms. The standard InChI is InChI=1S/C16H24BrNO/c1-4-16(5-2)8-9-18(11-16)12(3)14-10-13(17)6-7-15(14)19/h6-7,10,12,19H,4-5,8-9,11H2,1-3H3. The van der Waals surface area contributed by atoms with Gasteiger partial charge in [0.15, 0.2) is 0 Å². The highest BCUT2D eigenvalue weighted by Gasteiger charge is 2.37. The van der Waals surface area contributed by atoms with Crippen molar-refractivity contribution < 1.29 is 5.11 Å². The Labute approximate surface area is 124 Å². The molecule has 1 aliphatic rings. The molecule has 106 valence electrons. The first kappa shape index (κ1) is 14.9. The Hall–Kier alpha value is -0.540. The SMILES string of the molecule is CCC1(CC)CCN(C(C)c2cc(Br)ccc2O)C1. The van der Waals surface area contributed by atoms with Crippen LogP contribution in [0.5, 0.6) is 5.75 Å². The summed E-state index contributed by atoms with van der Waals surface area (Å²) in [6, 6.07) is 5.98. The van der Waals surface area contributed by atoms with Crippen molar-refractivity contribution in [1.82, 2.24) is 4.90 Å². The van der Waals surface area contributed by atoms with Crippen molar-refractivity contribution in [2.45, 2.75) is 46.1 Å². The molecule has 0 aromatic heterocycles. The van der Waals surface area contributed by atoms with Gasteiger partial charge in [0.2, 0.25) is 0 Å². The lowest BCUT2D eigenvalue weighted by Crippen LogP contribution is -2.28. The number of nitrogens with zero attached hydrogens (tertiary/aromatic N) is 1. The normalized spacial score (nSPS) is 20.6. The van der Waals surface area contributed by atoms with Gasteiger partial charge in [0.05, 0.1) is 0 Å². The molecule has 0 radical (unpaired) electrons. The Balaban J connectivity index is 2.17. The molecule has 2 nitrogen and oxygen atoms in total. The van der Waals surface area contributed by atoms with Crippen molar-refractivity contribution in [3.63, 3.8) is 0 Å². The number of hydrogen-bond donors (Lipinski definition) is 1. The molecule has 1 aromatic rings. The largest absolute Gasteiger partial charge is 0.508 e. The van der Waals surface area contributed by atoms with Crippen LogP contribution in [0.3, 0.4) is 0 Å². The summed E-state index contributed by atoms with van der Waals surface area (Å²) in [5, 5.41) is 10.1. The Morgan fingerprint density at radius 2 is 2.05 bits per heavy atom. The summed E-state index contributed by atoms with van der Waals surface area (Å²) in [4.78, 5) is 2.51. The van der Waals surface area contributed by atoms with Gasteiger partial charge in [0.1, 0.15) is 5.75 Å². The summed E-state index contributed by atoms with van der Waals surface area (Å²) in [6.45, 7) is 9.08. The fraction of sp³-hybridized carbons (Fsp3) is 0.625. The Kier molecular flexibility index (Phi) is 4.57. The Bertz CT molecular complexity index is 442. The topological polar surface area (TPSA) is 23.5 Å². The monoisotopic (exact) mass is 325 g/mol. The molecule has 1 aliphatic heterocycles. The molecule has 1 aromatic carbocycles. The van der Waals surface area contributed by atoms with E-state index in [0.29, 0.717) is 11.2 Å². The van der Waals surface area contributed by atoms with Crippen LogP contribution in [0, 0.1) is 5.41 Å². The molecule has 1 saturated heterocycles. The molecular weight excluding hydrogens is 302 g/mol. The maximum atomic E-state index is 10.1. The van der Waals surface area contributed by atoms with Crippen molar-refractivity contribution in [2.75, 3.05) is 13.1 Å². The number of hydrogen-bond acceptors (Lipinski definition) is 2. The first-order valence-corrected chi connectivity index (χ1v) is 8.03. The summed E-state index contributed by atoms with van der Waals surface area (Å²) in [7, 11) is 0. The van der Waals surface area contributed by atoms with Crippen LogP contribution < -0.4 is 0 Å². The molecule has 1 N–H and O–H groups in total. The average Bonchev–Trinajstić information content (AvgIpc) is 2.86. The van der Waals surface area contributed by atoms with Gasteiger partial charge in [0.25, 0.3) is 0 Å². The third kappa shape index (κ3) is 2.97. The summed E-state index contributed by atoms with van der Waals surface area (Å²) in [6.07, 6.45) is 3.77. The van der Waals surface area contributed by atoms with Crippen LogP contribution in [0.4, 0.5) is 0 Å². The molecule has 19 heavy (non-hydrogen) atoms. The van der Waals surface area contributed by atoms with Gasteiger partial charge in [-0.15, -0.1) is 0 Å². The van der Waals surface area contributed by atoms with E-state index in [9.17, 15) is 5.11 Å². The third-order valence-electron chi connectivity index (χ3n) is 4.96. The van der Waals surface area contributed by atoms with Crippen molar-refractivity contribution in [3.05, 3.63) is 28.2 Å². The van der Waals surface area contributed by atoms with Gasteiger partial charge in [-0.05, 0) is 56.3 Å². The highest BCUT2D eigenvalue weighted by atomic mass is 79.9. The van der Waals surface area contributed by atoms with Gasteiger partial charge in [-0.1, -0.05) is 29.8 Å². The molecular formula is C16H24BrNO. The average molecular weight is 326 g/mol. The minimum Gasteiger partial charge on any atom is -0.508 e. The van der Waals surface area contributed by atoms with Crippen molar-refractivity contribution in [3.8, 4) is 5.75 Å². The predicted octanol–water partition coefficient (Wildman–Crippen LogP) is 4.73. The van der Waals surface area contributed by atoms with Crippen LogP contribution in [0.25, 0.3) is 0 Å². The second-order valence-electron chi connectivity index (χ2n) is 5.81. The molecule has 2 rings (SSSR count). The number of halogens is 1. The number of aromatic hydroxyl groups is 1. The number of phenolic OH excluding ortho intramolecular Hbond substituents is 1. The molecule has 0 saturated carbocycles. The van der Waals surface area contributed by atoms with Crippen molar-refractivity contribution in [2.24, 2.45) is 5.41 Å². The highest BCUT2D eigenvalue weighted by molar-refractivity contribution is 9.10. The molecule has 0 spiro atoms. The van der Waals surface area contributed by atoms with E-state index in [1.165, 1.54) is 19.3 Å². The second kappa shape index (κ2) is 5.84. The molecule has 0 bridgehead atoms. The zero-order valence-corrected chi connectivity index (χ0v) is 13.7. The number of benzene rings is 1.